The fourth-order valence-electron chi connectivity index (χ4n) is 2.79. The van der Waals surface area contributed by atoms with Crippen molar-refractivity contribution in [2.75, 3.05) is 0 Å². The van der Waals surface area contributed by atoms with Gasteiger partial charge in [0.05, 0.1) is 6.04 Å². The highest BCUT2D eigenvalue weighted by Crippen LogP contribution is 2.34. The van der Waals surface area contributed by atoms with Gasteiger partial charge in [0.2, 0.25) is 0 Å². The minimum atomic E-state index is -1.02. The van der Waals surface area contributed by atoms with Crippen molar-refractivity contribution in [2.24, 2.45) is 0 Å². The molecule has 0 spiro atoms. The summed E-state index contributed by atoms with van der Waals surface area (Å²) >= 11 is 5.99. The number of para-hydroxylation sites is 2. The lowest BCUT2D eigenvalue weighted by Gasteiger charge is -2.21. The van der Waals surface area contributed by atoms with Crippen molar-refractivity contribution >= 4 is 17.5 Å². The number of nitrogens with zero attached hydrogens (tertiary/aromatic N) is 1. The molecule has 26 heavy (non-hydrogen) atoms. The number of rotatable bonds is 4. The molecule has 1 aromatic heterocycles. The third kappa shape index (κ3) is 3.34. The maximum atomic E-state index is 12.7. The Labute approximate surface area is 155 Å². The van der Waals surface area contributed by atoms with Gasteiger partial charge in [-0.15, -0.1) is 0 Å². The van der Waals surface area contributed by atoms with Crippen LogP contribution in [0.5, 0.6) is 11.5 Å². The molecular formula is C20H15ClN2O3. The minimum absolute atomic E-state index is 0.363. The van der Waals surface area contributed by atoms with Gasteiger partial charge in [0.25, 0.3) is 0 Å². The summed E-state index contributed by atoms with van der Waals surface area (Å²) in [6, 6.07) is 17.8. The molecule has 1 aliphatic heterocycles. The molecule has 2 heterocycles. The summed E-state index contributed by atoms with van der Waals surface area (Å²) in [6.07, 6.45) is 2.34. The number of halogens is 1. The number of hydrogen-bond donors (Lipinski definition) is 1. The van der Waals surface area contributed by atoms with Gasteiger partial charge in [-0.2, -0.15) is 0 Å². The molecule has 0 bridgehead atoms. The number of carbonyl (C=O) groups excluding carboxylic acids is 1. The van der Waals surface area contributed by atoms with E-state index >= 15 is 0 Å². The molecule has 0 saturated carbocycles. The highest BCUT2D eigenvalue weighted by molar-refractivity contribution is 6.30. The zero-order chi connectivity index (χ0) is 17.9. The summed E-state index contributed by atoms with van der Waals surface area (Å²) in [5, 5.41) is 3.62. The smallest absolute Gasteiger partial charge is 0.321 e. The van der Waals surface area contributed by atoms with E-state index in [9.17, 15) is 4.79 Å². The van der Waals surface area contributed by atoms with Gasteiger partial charge in [-0.05, 0) is 47.5 Å². The largest absolute Gasteiger partial charge is 0.442 e. The molecule has 0 fully saturated rings. The molecule has 6 heteroatoms. The molecule has 2 aromatic carbocycles. The number of aromatic nitrogens is 1. The Morgan fingerprint density at radius 1 is 0.923 bits per heavy atom. The molecule has 4 rings (SSSR count). The SMILES string of the molecule is O=C(NC(c1ccncc1)c1ccc(Cl)cc1)C1Oc2ccccc2O1. The fraction of sp³-hybridized carbons (Fsp3) is 0.100. The van der Waals surface area contributed by atoms with Crippen LogP contribution in [0.15, 0.2) is 73.1 Å². The number of carbonyl (C=O) groups is 1. The number of benzene rings is 2. The van der Waals surface area contributed by atoms with Crippen molar-refractivity contribution in [1.82, 2.24) is 10.3 Å². The normalized spacial score (nSPS) is 14.0. The lowest BCUT2D eigenvalue weighted by Crippen LogP contribution is -2.41. The summed E-state index contributed by atoms with van der Waals surface area (Å²) in [7, 11) is 0. The van der Waals surface area contributed by atoms with Crippen LogP contribution in [0.25, 0.3) is 0 Å². The zero-order valence-corrected chi connectivity index (χ0v) is 14.4. The number of fused-ring (bicyclic) bond motifs is 1. The van der Waals surface area contributed by atoms with E-state index in [1.54, 1.807) is 36.7 Å². The summed E-state index contributed by atoms with van der Waals surface area (Å²) in [5.41, 5.74) is 1.79. The van der Waals surface area contributed by atoms with Crippen LogP contribution in [0.1, 0.15) is 17.2 Å². The molecular weight excluding hydrogens is 352 g/mol. The van der Waals surface area contributed by atoms with Gasteiger partial charge >= 0.3 is 12.2 Å². The van der Waals surface area contributed by atoms with E-state index in [4.69, 9.17) is 21.1 Å². The first-order chi connectivity index (χ1) is 12.7. The van der Waals surface area contributed by atoms with Crippen LogP contribution in [0.3, 0.4) is 0 Å². The quantitative estimate of drug-likeness (QED) is 0.764. The van der Waals surface area contributed by atoms with Crippen LogP contribution >= 0.6 is 11.6 Å². The van der Waals surface area contributed by atoms with Gasteiger partial charge in [0.15, 0.2) is 11.5 Å². The average Bonchev–Trinajstić information content (AvgIpc) is 3.12. The van der Waals surface area contributed by atoms with Crippen LogP contribution in [0, 0.1) is 0 Å². The van der Waals surface area contributed by atoms with Gasteiger partial charge < -0.3 is 14.8 Å². The topological polar surface area (TPSA) is 60.5 Å². The molecule has 1 atom stereocenters. The Bertz CT molecular complexity index is 891. The second-order valence-electron chi connectivity index (χ2n) is 5.79. The number of hydrogen-bond acceptors (Lipinski definition) is 4. The van der Waals surface area contributed by atoms with Gasteiger partial charge in [-0.1, -0.05) is 35.9 Å². The monoisotopic (exact) mass is 366 g/mol. The molecule has 5 nitrogen and oxygen atoms in total. The van der Waals surface area contributed by atoms with E-state index < -0.39 is 6.29 Å². The van der Waals surface area contributed by atoms with E-state index in [-0.39, 0.29) is 11.9 Å². The van der Waals surface area contributed by atoms with Crippen LogP contribution < -0.4 is 14.8 Å². The Hall–Kier alpha value is -3.05. The molecule has 1 aliphatic rings. The number of pyridine rings is 1. The lowest BCUT2D eigenvalue weighted by molar-refractivity contribution is -0.137. The molecule has 0 aliphatic carbocycles. The van der Waals surface area contributed by atoms with Crippen LogP contribution in [0.2, 0.25) is 5.02 Å². The first-order valence-corrected chi connectivity index (χ1v) is 8.46. The number of amides is 1. The van der Waals surface area contributed by atoms with Crippen molar-refractivity contribution in [3.05, 3.63) is 89.2 Å². The third-order valence-corrected chi connectivity index (χ3v) is 4.31. The predicted molar refractivity (Wildman–Crippen MR) is 97.2 cm³/mol. The van der Waals surface area contributed by atoms with E-state index in [1.165, 1.54) is 0 Å². The molecule has 1 unspecified atom stereocenters. The van der Waals surface area contributed by atoms with Crippen LogP contribution in [0.4, 0.5) is 0 Å². The maximum absolute atomic E-state index is 12.7. The zero-order valence-electron chi connectivity index (χ0n) is 13.6. The fourth-order valence-corrected chi connectivity index (χ4v) is 2.91. The first-order valence-electron chi connectivity index (χ1n) is 8.09. The van der Waals surface area contributed by atoms with Crippen molar-refractivity contribution in [1.29, 1.82) is 0 Å². The lowest BCUT2D eigenvalue weighted by atomic mass is 9.99. The second-order valence-corrected chi connectivity index (χ2v) is 6.22. The third-order valence-electron chi connectivity index (χ3n) is 4.06. The average molecular weight is 367 g/mol. The Kier molecular flexibility index (Phi) is 4.46. The summed E-state index contributed by atoms with van der Waals surface area (Å²) < 4.78 is 11.2. The number of nitrogens with one attached hydrogen (secondary N) is 1. The van der Waals surface area contributed by atoms with Crippen molar-refractivity contribution < 1.29 is 14.3 Å². The Morgan fingerprint density at radius 3 is 2.12 bits per heavy atom. The van der Waals surface area contributed by atoms with E-state index in [0.717, 1.165) is 11.1 Å². The molecule has 3 aromatic rings. The van der Waals surface area contributed by atoms with Gasteiger partial charge in [0, 0.05) is 17.4 Å². The second kappa shape index (κ2) is 7.06. The summed E-state index contributed by atoms with van der Waals surface area (Å²) in [6.45, 7) is 0. The summed E-state index contributed by atoms with van der Waals surface area (Å²) in [4.78, 5) is 16.8. The van der Waals surface area contributed by atoms with Gasteiger partial charge in [-0.25, -0.2) is 0 Å². The highest BCUT2D eigenvalue weighted by Gasteiger charge is 2.32. The van der Waals surface area contributed by atoms with Gasteiger partial charge in [-0.3, -0.25) is 9.78 Å². The standard InChI is InChI=1S/C20H15ClN2O3/c21-15-7-5-13(6-8-15)18(14-9-11-22-12-10-14)23-19(24)20-25-16-3-1-2-4-17(16)26-20/h1-12,18,20H,(H,23,24). The maximum Gasteiger partial charge on any atom is 0.321 e. The molecule has 0 saturated heterocycles. The molecule has 130 valence electrons. The van der Waals surface area contributed by atoms with Crippen LogP contribution in [-0.4, -0.2) is 17.2 Å². The minimum Gasteiger partial charge on any atom is -0.442 e. The van der Waals surface area contributed by atoms with Crippen molar-refractivity contribution in [3.63, 3.8) is 0 Å². The van der Waals surface area contributed by atoms with Crippen LogP contribution in [-0.2, 0) is 4.79 Å². The predicted octanol–water partition coefficient (Wildman–Crippen LogP) is 3.74. The summed E-state index contributed by atoms with van der Waals surface area (Å²) in [5.74, 6) is 0.747. The van der Waals surface area contributed by atoms with E-state index in [2.05, 4.69) is 10.3 Å². The molecule has 0 radical (unpaired) electrons. The Balaban J connectivity index is 1.57. The van der Waals surface area contributed by atoms with E-state index in [1.807, 2.05) is 36.4 Å². The molecule has 1 amide bonds. The van der Waals surface area contributed by atoms with Crippen molar-refractivity contribution in [2.45, 2.75) is 12.3 Å². The van der Waals surface area contributed by atoms with E-state index in [0.29, 0.717) is 16.5 Å². The van der Waals surface area contributed by atoms with Crippen molar-refractivity contribution in [3.8, 4) is 11.5 Å². The highest BCUT2D eigenvalue weighted by atomic mass is 35.5. The molecule has 1 N–H and O–H groups in total. The van der Waals surface area contributed by atoms with Gasteiger partial charge in [0.1, 0.15) is 0 Å². The first kappa shape index (κ1) is 16.4. The number of ether oxygens (including phenoxy) is 2. The Morgan fingerprint density at radius 2 is 1.50 bits per heavy atom.